The Balaban J connectivity index is 3.18. The summed E-state index contributed by atoms with van der Waals surface area (Å²) in [4.78, 5) is 35.9. The highest BCUT2D eigenvalue weighted by atomic mass is 19.1. The highest BCUT2D eigenvalue weighted by Crippen LogP contribution is 2.18. The van der Waals surface area contributed by atoms with Gasteiger partial charge >= 0.3 is 11.9 Å². The monoisotopic (exact) mass is 296 g/mol. The van der Waals surface area contributed by atoms with Gasteiger partial charge in [0.25, 0.3) is 0 Å². The van der Waals surface area contributed by atoms with Crippen LogP contribution in [0.4, 0.5) is 4.39 Å². The van der Waals surface area contributed by atoms with Gasteiger partial charge in [-0.25, -0.2) is 4.39 Å². The van der Waals surface area contributed by atoms with Crippen molar-refractivity contribution in [1.82, 2.24) is 0 Å². The standard InChI is InChI=1S/C15H17FO5/c1-4-20-14(18)11(15(19)21-5-2)13(17)10-8-6-7-9(3)12(10)16/h6-8,11H,4-5H2,1-3H3. The van der Waals surface area contributed by atoms with Crippen molar-refractivity contribution < 1.29 is 28.2 Å². The minimum absolute atomic E-state index is 0.00167. The molecule has 1 aromatic carbocycles. The van der Waals surface area contributed by atoms with Gasteiger partial charge < -0.3 is 9.47 Å². The lowest BCUT2D eigenvalue weighted by atomic mass is 9.96. The minimum atomic E-state index is -1.80. The Hall–Kier alpha value is -2.24. The quantitative estimate of drug-likeness (QED) is 0.456. The number of benzene rings is 1. The first-order chi connectivity index (χ1) is 9.93. The van der Waals surface area contributed by atoms with E-state index in [-0.39, 0.29) is 24.3 Å². The van der Waals surface area contributed by atoms with E-state index in [1.807, 2.05) is 0 Å². The van der Waals surface area contributed by atoms with E-state index in [9.17, 15) is 18.8 Å². The molecule has 0 saturated heterocycles. The van der Waals surface area contributed by atoms with Crippen molar-refractivity contribution in [3.8, 4) is 0 Å². The average Bonchev–Trinajstić information content (AvgIpc) is 2.42. The highest BCUT2D eigenvalue weighted by Gasteiger charge is 2.38. The summed E-state index contributed by atoms with van der Waals surface area (Å²) >= 11 is 0. The molecule has 0 saturated carbocycles. The number of aryl methyl sites for hydroxylation is 1. The summed E-state index contributed by atoms with van der Waals surface area (Å²) in [7, 11) is 0. The molecule has 0 aliphatic carbocycles. The van der Waals surface area contributed by atoms with E-state index in [2.05, 4.69) is 0 Å². The Morgan fingerprint density at radius 2 is 1.62 bits per heavy atom. The minimum Gasteiger partial charge on any atom is -0.465 e. The molecule has 6 heteroatoms. The number of halogens is 1. The maximum absolute atomic E-state index is 14.0. The largest absolute Gasteiger partial charge is 0.465 e. The van der Waals surface area contributed by atoms with Crippen molar-refractivity contribution in [2.24, 2.45) is 5.92 Å². The summed E-state index contributed by atoms with van der Waals surface area (Å²) in [6.45, 7) is 4.56. The normalized spacial score (nSPS) is 10.3. The topological polar surface area (TPSA) is 69.7 Å². The van der Waals surface area contributed by atoms with Crippen LogP contribution < -0.4 is 0 Å². The van der Waals surface area contributed by atoms with Gasteiger partial charge in [-0.2, -0.15) is 0 Å². The summed E-state index contributed by atoms with van der Waals surface area (Å²) in [6, 6.07) is 4.17. The van der Waals surface area contributed by atoms with E-state index < -0.39 is 29.5 Å². The first-order valence-electron chi connectivity index (χ1n) is 6.56. The van der Waals surface area contributed by atoms with Gasteiger partial charge in [0.15, 0.2) is 5.78 Å². The second-order valence-corrected chi connectivity index (χ2v) is 4.24. The molecule has 0 aliphatic heterocycles. The Morgan fingerprint density at radius 1 is 1.10 bits per heavy atom. The molecule has 0 aromatic heterocycles. The fraction of sp³-hybridized carbons (Fsp3) is 0.400. The third kappa shape index (κ3) is 3.87. The van der Waals surface area contributed by atoms with Crippen LogP contribution >= 0.6 is 0 Å². The van der Waals surface area contributed by atoms with Crippen LogP contribution in [-0.4, -0.2) is 30.9 Å². The van der Waals surface area contributed by atoms with Gasteiger partial charge in [-0.15, -0.1) is 0 Å². The predicted octanol–water partition coefficient (Wildman–Crippen LogP) is 2.06. The van der Waals surface area contributed by atoms with E-state index in [4.69, 9.17) is 9.47 Å². The van der Waals surface area contributed by atoms with Gasteiger partial charge in [-0.3, -0.25) is 14.4 Å². The summed E-state index contributed by atoms with van der Waals surface area (Å²) in [5, 5.41) is 0. The van der Waals surface area contributed by atoms with Crippen LogP contribution in [0.2, 0.25) is 0 Å². The maximum Gasteiger partial charge on any atom is 0.328 e. The number of hydrogen-bond acceptors (Lipinski definition) is 5. The smallest absolute Gasteiger partial charge is 0.328 e. The first kappa shape index (κ1) is 16.8. The number of esters is 2. The third-order valence-electron chi connectivity index (χ3n) is 2.76. The van der Waals surface area contributed by atoms with Crippen molar-refractivity contribution in [2.45, 2.75) is 20.8 Å². The van der Waals surface area contributed by atoms with Gasteiger partial charge in [0.05, 0.1) is 18.8 Å². The molecule has 21 heavy (non-hydrogen) atoms. The number of rotatable bonds is 6. The molecular formula is C15H17FO5. The summed E-state index contributed by atoms with van der Waals surface area (Å²) in [5.41, 5.74) is -0.0894. The van der Waals surface area contributed by atoms with Gasteiger partial charge in [0, 0.05) is 0 Å². The van der Waals surface area contributed by atoms with E-state index in [1.54, 1.807) is 0 Å². The molecule has 0 aliphatic rings. The summed E-state index contributed by atoms with van der Waals surface area (Å²) in [5.74, 6) is -5.61. The lowest BCUT2D eigenvalue weighted by molar-refractivity contribution is -0.158. The molecule has 0 bridgehead atoms. The number of carbonyl (C=O) groups is 3. The molecule has 0 N–H and O–H groups in total. The van der Waals surface area contributed by atoms with Crippen LogP contribution in [0.15, 0.2) is 18.2 Å². The summed E-state index contributed by atoms with van der Waals surface area (Å²) < 4.78 is 23.4. The highest BCUT2D eigenvalue weighted by molar-refractivity contribution is 6.20. The number of ketones is 1. The Kier molecular flexibility index (Phi) is 6.02. The third-order valence-corrected chi connectivity index (χ3v) is 2.76. The molecule has 0 atom stereocenters. The number of Topliss-reactive ketones (excluding diaryl/α,β-unsaturated/α-hetero) is 1. The van der Waals surface area contributed by atoms with Gasteiger partial charge in [-0.1, -0.05) is 12.1 Å². The van der Waals surface area contributed by atoms with Crippen LogP contribution in [-0.2, 0) is 19.1 Å². The average molecular weight is 296 g/mol. The number of carbonyl (C=O) groups excluding carboxylic acids is 3. The van der Waals surface area contributed by atoms with Crippen molar-refractivity contribution in [2.75, 3.05) is 13.2 Å². The Morgan fingerprint density at radius 3 is 2.10 bits per heavy atom. The number of ether oxygens (including phenoxy) is 2. The van der Waals surface area contributed by atoms with Crippen molar-refractivity contribution in [1.29, 1.82) is 0 Å². The lowest BCUT2D eigenvalue weighted by Gasteiger charge is -2.14. The van der Waals surface area contributed by atoms with Gasteiger partial charge in [-0.05, 0) is 32.4 Å². The van der Waals surface area contributed by atoms with E-state index >= 15 is 0 Å². The molecular weight excluding hydrogens is 279 g/mol. The lowest BCUT2D eigenvalue weighted by Crippen LogP contribution is -2.35. The Labute approximate surface area is 122 Å². The fourth-order valence-electron chi connectivity index (χ4n) is 1.75. The van der Waals surface area contributed by atoms with Crippen molar-refractivity contribution >= 4 is 17.7 Å². The molecule has 0 heterocycles. The number of hydrogen-bond donors (Lipinski definition) is 0. The second-order valence-electron chi connectivity index (χ2n) is 4.24. The van der Waals surface area contributed by atoms with Gasteiger partial charge in [0.2, 0.25) is 5.92 Å². The molecule has 0 unspecified atom stereocenters. The van der Waals surface area contributed by atoms with E-state index in [0.29, 0.717) is 0 Å². The van der Waals surface area contributed by atoms with Crippen molar-refractivity contribution in [3.05, 3.63) is 35.1 Å². The zero-order chi connectivity index (χ0) is 16.0. The van der Waals surface area contributed by atoms with Crippen LogP contribution in [0, 0.1) is 18.7 Å². The molecule has 0 amide bonds. The zero-order valence-electron chi connectivity index (χ0n) is 12.1. The molecule has 0 radical (unpaired) electrons. The predicted molar refractivity (Wildman–Crippen MR) is 72.2 cm³/mol. The second kappa shape index (κ2) is 7.52. The Bertz CT molecular complexity index is 535. The van der Waals surface area contributed by atoms with Crippen LogP contribution in [0.3, 0.4) is 0 Å². The molecule has 0 fully saturated rings. The van der Waals surface area contributed by atoms with Crippen LogP contribution in [0.25, 0.3) is 0 Å². The first-order valence-corrected chi connectivity index (χ1v) is 6.56. The van der Waals surface area contributed by atoms with Gasteiger partial charge in [0.1, 0.15) is 5.82 Å². The zero-order valence-corrected chi connectivity index (χ0v) is 12.1. The van der Waals surface area contributed by atoms with E-state index in [0.717, 1.165) is 0 Å². The molecule has 5 nitrogen and oxygen atoms in total. The fourth-order valence-corrected chi connectivity index (χ4v) is 1.75. The SMILES string of the molecule is CCOC(=O)C(C(=O)OCC)C(=O)c1cccc(C)c1F. The molecule has 0 spiro atoms. The van der Waals surface area contributed by atoms with Crippen LogP contribution in [0.5, 0.6) is 0 Å². The molecule has 1 rings (SSSR count). The van der Waals surface area contributed by atoms with Crippen LogP contribution in [0.1, 0.15) is 29.8 Å². The summed E-state index contributed by atoms with van der Waals surface area (Å²) in [6.07, 6.45) is 0. The van der Waals surface area contributed by atoms with Crippen molar-refractivity contribution in [3.63, 3.8) is 0 Å². The maximum atomic E-state index is 14.0. The molecule has 1 aromatic rings. The van der Waals surface area contributed by atoms with E-state index in [1.165, 1.54) is 39.0 Å². The molecule has 114 valence electrons.